The maximum atomic E-state index is 4.32. The van der Waals surface area contributed by atoms with Crippen LogP contribution < -0.4 is 0 Å². The highest BCUT2D eigenvalue weighted by atomic mass is 79.9. The van der Waals surface area contributed by atoms with E-state index in [4.69, 9.17) is 0 Å². The topological polar surface area (TPSA) is 12.9 Å². The van der Waals surface area contributed by atoms with Gasteiger partial charge < -0.3 is 0 Å². The van der Waals surface area contributed by atoms with Gasteiger partial charge in [-0.15, -0.1) is 17.0 Å². The van der Waals surface area contributed by atoms with E-state index in [2.05, 4.69) is 46.9 Å². The normalized spacial score (nSPS) is 9.67. The smallest absolute Gasteiger partial charge is 0.0429 e. The molecule has 0 aliphatic heterocycles. The fraction of sp³-hybridized carbons (Fsp3) is 0.444. The number of hydrogen-bond acceptors (Lipinski definition) is 1. The third kappa shape index (κ3) is 3.23. The molecule has 3 heteroatoms. The number of nitrogens with zero attached hydrogens (tertiary/aromatic N) is 1. The molecule has 1 rings (SSSR count). The Bertz CT molecular complexity index is 218. The predicted octanol–water partition coefficient (Wildman–Crippen LogP) is 3.68. The van der Waals surface area contributed by atoms with Crippen molar-refractivity contribution >= 4 is 32.9 Å². The summed E-state index contributed by atoms with van der Waals surface area (Å²) in [6.45, 7) is 4.30. The van der Waals surface area contributed by atoms with Gasteiger partial charge in [0.25, 0.3) is 0 Å². The Labute approximate surface area is 92.5 Å². The third-order valence-corrected chi connectivity index (χ3v) is 2.24. The summed E-state index contributed by atoms with van der Waals surface area (Å²) in [5.74, 6) is 0.527. The van der Waals surface area contributed by atoms with Crippen molar-refractivity contribution in [2.24, 2.45) is 0 Å². The summed E-state index contributed by atoms with van der Waals surface area (Å²) < 4.78 is 0. The summed E-state index contributed by atoms with van der Waals surface area (Å²) in [6.07, 6.45) is 1.92. The molecule has 1 aromatic heterocycles. The van der Waals surface area contributed by atoms with Crippen LogP contribution in [0.4, 0.5) is 0 Å². The van der Waals surface area contributed by atoms with E-state index in [0.29, 0.717) is 5.92 Å². The molecule has 0 fully saturated rings. The van der Waals surface area contributed by atoms with Crippen LogP contribution in [0.15, 0.2) is 18.3 Å². The number of rotatable bonds is 2. The van der Waals surface area contributed by atoms with Gasteiger partial charge in [-0.25, -0.2) is 0 Å². The van der Waals surface area contributed by atoms with Crippen molar-refractivity contribution in [3.05, 3.63) is 29.6 Å². The fourth-order valence-corrected chi connectivity index (χ4v) is 1.19. The summed E-state index contributed by atoms with van der Waals surface area (Å²) in [4.78, 5) is 4.32. The van der Waals surface area contributed by atoms with Crippen LogP contribution in [-0.4, -0.2) is 4.98 Å². The predicted molar refractivity (Wildman–Crippen MR) is 61.3 cm³/mol. The highest BCUT2D eigenvalue weighted by molar-refractivity contribution is 9.08. The molecule has 0 atom stereocenters. The maximum Gasteiger partial charge on any atom is 0.0429 e. The van der Waals surface area contributed by atoms with E-state index in [0.717, 1.165) is 11.0 Å². The molecule has 12 heavy (non-hydrogen) atoms. The molecule has 0 bridgehead atoms. The monoisotopic (exact) mass is 293 g/mol. The number of halogens is 2. The molecule has 0 N–H and O–H groups in total. The Morgan fingerprint density at radius 2 is 2.08 bits per heavy atom. The third-order valence-electron chi connectivity index (χ3n) is 1.59. The first-order chi connectivity index (χ1) is 5.24. The second-order valence-electron chi connectivity index (χ2n) is 2.88. The van der Waals surface area contributed by atoms with E-state index in [-0.39, 0.29) is 17.0 Å². The number of pyridine rings is 1. The molecule has 0 radical (unpaired) electrons. The SMILES string of the molecule is Br.CC(C)c1ccc(CBr)cn1. The number of hydrogen-bond donors (Lipinski definition) is 0. The van der Waals surface area contributed by atoms with Crippen LogP contribution >= 0.6 is 32.9 Å². The van der Waals surface area contributed by atoms with Crippen molar-refractivity contribution in [3.63, 3.8) is 0 Å². The van der Waals surface area contributed by atoms with Crippen LogP contribution in [0.3, 0.4) is 0 Å². The minimum atomic E-state index is 0. The molecular weight excluding hydrogens is 282 g/mol. The Kier molecular flexibility index (Phi) is 5.76. The zero-order chi connectivity index (χ0) is 8.27. The highest BCUT2D eigenvalue weighted by Gasteiger charge is 1.98. The molecule has 0 saturated carbocycles. The van der Waals surface area contributed by atoms with E-state index in [1.165, 1.54) is 5.56 Å². The van der Waals surface area contributed by atoms with E-state index >= 15 is 0 Å². The number of alkyl halides is 1. The lowest BCUT2D eigenvalue weighted by Crippen LogP contribution is -1.92. The quantitative estimate of drug-likeness (QED) is 0.758. The van der Waals surface area contributed by atoms with Crippen LogP contribution in [0.2, 0.25) is 0 Å². The standard InChI is InChI=1S/C9H12BrN.BrH/c1-7(2)9-4-3-8(5-10)6-11-9;/h3-4,6-7H,5H2,1-2H3;1H. The molecule has 0 aliphatic rings. The van der Waals surface area contributed by atoms with Gasteiger partial charge in [-0.05, 0) is 17.5 Å². The molecule has 0 aromatic carbocycles. The van der Waals surface area contributed by atoms with Crippen LogP contribution in [-0.2, 0) is 5.33 Å². The van der Waals surface area contributed by atoms with Gasteiger partial charge in [0, 0.05) is 17.2 Å². The Morgan fingerprint density at radius 3 is 2.42 bits per heavy atom. The molecule has 68 valence electrons. The summed E-state index contributed by atoms with van der Waals surface area (Å²) in [5, 5.41) is 0.887. The van der Waals surface area contributed by atoms with Crippen molar-refractivity contribution < 1.29 is 0 Å². The lowest BCUT2D eigenvalue weighted by atomic mass is 10.1. The van der Waals surface area contributed by atoms with Crippen molar-refractivity contribution in [2.75, 3.05) is 0 Å². The van der Waals surface area contributed by atoms with Crippen LogP contribution in [0.1, 0.15) is 31.0 Å². The van der Waals surface area contributed by atoms with Crippen LogP contribution in [0.5, 0.6) is 0 Å². The first-order valence-electron chi connectivity index (χ1n) is 3.75. The lowest BCUT2D eigenvalue weighted by molar-refractivity contribution is 0.821. The average Bonchev–Trinajstić information content (AvgIpc) is 2.05. The van der Waals surface area contributed by atoms with Gasteiger partial charge >= 0.3 is 0 Å². The van der Waals surface area contributed by atoms with E-state index in [9.17, 15) is 0 Å². The fourth-order valence-electron chi connectivity index (χ4n) is 0.856. The van der Waals surface area contributed by atoms with Gasteiger partial charge in [0.2, 0.25) is 0 Å². The summed E-state index contributed by atoms with van der Waals surface area (Å²) in [6, 6.07) is 4.19. The minimum Gasteiger partial charge on any atom is -0.261 e. The molecular formula is C9H13Br2N. The van der Waals surface area contributed by atoms with Gasteiger partial charge in [-0.2, -0.15) is 0 Å². The second-order valence-corrected chi connectivity index (χ2v) is 3.44. The first kappa shape index (κ1) is 12.1. The average molecular weight is 295 g/mol. The van der Waals surface area contributed by atoms with Gasteiger partial charge in [0.15, 0.2) is 0 Å². The molecule has 1 aromatic rings. The van der Waals surface area contributed by atoms with Crippen LogP contribution in [0.25, 0.3) is 0 Å². The van der Waals surface area contributed by atoms with Crippen molar-refractivity contribution in [3.8, 4) is 0 Å². The minimum absolute atomic E-state index is 0. The molecule has 0 amide bonds. The van der Waals surface area contributed by atoms with Gasteiger partial charge in [-0.3, -0.25) is 4.98 Å². The Balaban J connectivity index is 0.00000121. The summed E-state index contributed by atoms with van der Waals surface area (Å²) >= 11 is 3.38. The van der Waals surface area contributed by atoms with E-state index < -0.39 is 0 Å². The maximum absolute atomic E-state index is 4.32. The van der Waals surface area contributed by atoms with Crippen molar-refractivity contribution in [2.45, 2.75) is 25.1 Å². The van der Waals surface area contributed by atoms with Gasteiger partial charge in [-0.1, -0.05) is 35.8 Å². The summed E-state index contributed by atoms with van der Waals surface area (Å²) in [5.41, 5.74) is 2.39. The first-order valence-corrected chi connectivity index (χ1v) is 4.87. The van der Waals surface area contributed by atoms with Gasteiger partial charge in [0.05, 0.1) is 0 Å². The zero-order valence-electron chi connectivity index (χ0n) is 7.25. The molecule has 1 nitrogen and oxygen atoms in total. The highest BCUT2D eigenvalue weighted by Crippen LogP contribution is 2.12. The van der Waals surface area contributed by atoms with Crippen molar-refractivity contribution in [1.82, 2.24) is 4.98 Å². The lowest BCUT2D eigenvalue weighted by Gasteiger charge is -2.03. The molecule has 1 heterocycles. The zero-order valence-corrected chi connectivity index (χ0v) is 10.5. The second kappa shape index (κ2) is 5.70. The van der Waals surface area contributed by atoms with Gasteiger partial charge in [0.1, 0.15) is 0 Å². The summed E-state index contributed by atoms with van der Waals surface area (Å²) in [7, 11) is 0. The molecule has 0 spiro atoms. The molecule has 0 aliphatic carbocycles. The van der Waals surface area contributed by atoms with Crippen LogP contribution in [0, 0.1) is 0 Å². The Morgan fingerprint density at radius 1 is 1.42 bits per heavy atom. The largest absolute Gasteiger partial charge is 0.261 e. The van der Waals surface area contributed by atoms with E-state index in [1.54, 1.807) is 0 Å². The molecule has 0 unspecified atom stereocenters. The van der Waals surface area contributed by atoms with E-state index in [1.807, 2.05) is 6.20 Å². The Hall–Kier alpha value is 0.110. The molecule has 0 saturated heterocycles. The number of aromatic nitrogens is 1. The van der Waals surface area contributed by atoms with Crippen molar-refractivity contribution in [1.29, 1.82) is 0 Å².